The van der Waals surface area contributed by atoms with E-state index < -0.39 is 6.10 Å². The number of imidazole rings is 1. The van der Waals surface area contributed by atoms with Gasteiger partial charge in [0, 0.05) is 44.1 Å². The quantitative estimate of drug-likeness (QED) is 0.776. The van der Waals surface area contributed by atoms with Crippen molar-refractivity contribution in [3.05, 3.63) is 59.8 Å². The number of piperidine rings is 1. The summed E-state index contributed by atoms with van der Waals surface area (Å²) in [5.74, 6) is 0.847. The number of fused-ring (bicyclic) bond motifs is 1. The standard InChI is InChI=1S/C21H24N4O2/c1-14-3-4-18-17(13-14)16(5-8-22-18)21(27)25-10-6-15(7-11-25)19(26)20-23-9-12-24(20)2/h3-5,8-9,12-13,15,19,26H,6-7,10-11H2,1-2H3/t19-/m1/s1. The lowest BCUT2D eigenvalue weighted by molar-refractivity contribution is 0.0421. The number of hydrogen-bond donors (Lipinski definition) is 1. The Labute approximate surface area is 158 Å². The third kappa shape index (κ3) is 3.32. The fraction of sp³-hybridized carbons (Fsp3) is 0.381. The van der Waals surface area contributed by atoms with Gasteiger partial charge in [-0.1, -0.05) is 11.6 Å². The summed E-state index contributed by atoms with van der Waals surface area (Å²) in [6.45, 7) is 3.30. The van der Waals surface area contributed by atoms with Crippen LogP contribution >= 0.6 is 0 Å². The molecule has 3 heterocycles. The second-order valence-electron chi connectivity index (χ2n) is 7.35. The van der Waals surface area contributed by atoms with E-state index >= 15 is 0 Å². The molecule has 0 spiro atoms. The number of aromatic nitrogens is 3. The van der Waals surface area contributed by atoms with Crippen molar-refractivity contribution < 1.29 is 9.90 Å². The molecule has 1 N–H and O–H groups in total. The van der Waals surface area contributed by atoms with Gasteiger partial charge in [0.2, 0.25) is 0 Å². The lowest BCUT2D eigenvalue weighted by Crippen LogP contribution is -2.40. The molecule has 0 radical (unpaired) electrons. The predicted molar refractivity (Wildman–Crippen MR) is 103 cm³/mol. The van der Waals surface area contributed by atoms with Crippen LogP contribution in [0, 0.1) is 12.8 Å². The molecule has 1 aromatic carbocycles. The summed E-state index contributed by atoms with van der Waals surface area (Å²) >= 11 is 0. The van der Waals surface area contributed by atoms with Crippen molar-refractivity contribution in [1.29, 1.82) is 0 Å². The van der Waals surface area contributed by atoms with E-state index in [1.807, 2.05) is 47.8 Å². The third-order valence-corrected chi connectivity index (χ3v) is 5.52. The molecule has 140 valence electrons. The molecule has 0 bridgehead atoms. The van der Waals surface area contributed by atoms with Gasteiger partial charge in [-0.15, -0.1) is 0 Å². The van der Waals surface area contributed by atoms with Gasteiger partial charge in [0.05, 0.1) is 11.1 Å². The highest BCUT2D eigenvalue weighted by atomic mass is 16.3. The number of nitrogens with zero attached hydrogens (tertiary/aromatic N) is 4. The highest BCUT2D eigenvalue weighted by Gasteiger charge is 2.30. The minimum atomic E-state index is -0.591. The second kappa shape index (κ2) is 7.12. The van der Waals surface area contributed by atoms with E-state index in [0.29, 0.717) is 24.5 Å². The zero-order chi connectivity index (χ0) is 19.0. The number of benzene rings is 1. The van der Waals surface area contributed by atoms with Crippen LogP contribution in [0.25, 0.3) is 10.9 Å². The monoisotopic (exact) mass is 364 g/mol. The van der Waals surface area contributed by atoms with E-state index in [1.165, 1.54) is 0 Å². The van der Waals surface area contributed by atoms with Crippen molar-refractivity contribution in [1.82, 2.24) is 19.4 Å². The number of pyridine rings is 1. The van der Waals surface area contributed by atoms with Crippen molar-refractivity contribution in [3.8, 4) is 0 Å². The Hall–Kier alpha value is -2.73. The smallest absolute Gasteiger partial charge is 0.254 e. The molecule has 4 rings (SSSR count). The molecule has 0 aliphatic carbocycles. The summed E-state index contributed by atoms with van der Waals surface area (Å²) in [5.41, 5.74) is 2.65. The van der Waals surface area contributed by atoms with E-state index in [2.05, 4.69) is 9.97 Å². The summed E-state index contributed by atoms with van der Waals surface area (Å²) < 4.78 is 1.85. The molecule has 1 saturated heterocycles. The Balaban J connectivity index is 1.49. The Bertz CT molecular complexity index is 973. The zero-order valence-corrected chi connectivity index (χ0v) is 15.7. The molecule has 0 saturated carbocycles. The SMILES string of the molecule is Cc1ccc2nccc(C(=O)N3CCC([C@@H](O)c4nccn4C)CC3)c2c1. The third-order valence-electron chi connectivity index (χ3n) is 5.52. The molecule has 2 aromatic heterocycles. The van der Waals surface area contributed by atoms with Crippen molar-refractivity contribution in [2.24, 2.45) is 13.0 Å². The number of carbonyl (C=O) groups excluding carboxylic acids is 1. The number of aliphatic hydroxyl groups excluding tert-OH is 1. The molecule has 0 unspecified atom stereocenters. The number of aliphatic hydroxyl groups is 1. The number of aryl methyl sites for hydroxylation is 2. The minimum Gasteiger partial charge on any atom is -0.385 e. The van der Waals surface area contributed by atoms with Gasteiger partial charge >= 0.3 is 0 Å². The molecular formula is C21H24N4O2. The first-order valence-corrected chi connectivity index (χ1v) is 9.34. The van der Waals surface area contributed by atoms with E-state index in [9.17, 15) is 9.90 Å². The molecule has 6 heteroatoms. The summed E-state index contributed by atoms with van der Waals surface area (Å²) in [4.78, 5) is 23.6. The van der Waals surface area contributed by atoms with Crippen LogP contribution in [0.3, 0.4) is 0 Å². The van der Waals surface area contributed by atoms with Crippen molar-refractivity contribution in [3.63, 3.8) is 0 Å². The summed E-state index contributed by atoms with van der Waals surface area (Å²) in [7, 11) is 1.89. The van der Waals surface area contributed by atoms with Gasteiger partial charge in [-0.05, 0) is 43.9 Å². The molecule has 6 nitrogen and oxygen atoms in total. The Morgan fingerprint density at radius 3 is 2.67 bits per heavy atom. The molecule has 1 aliphatic heterocycles. The van der Waals surface area contributed by atoms with Crippen molar-refractivity contribution in [2.45, 2.75) is 25.9 Å². The normalized spacial score (nSPS) is 16.6. The number of hydrogen-bond acceptors (Lipinski definition) is 4. The molecule has 1 fully saturated rings. The maximum absolute atomic E-state index is 13.1. The highest BCUT2D eigenvalue weighted by Crippen LogP contribution is 2.31. The van der Waals surface area contributed by atoms with Gasteiger partial charge in [0.25, 0.3) is 5.91 Å². The zero-order valence-electron chi connectivity index (χ0n) is 15.7. The van der Waals surface area contributed by atoms with Gasteiger partial charge in [0.15, 0.2) is 0 Å². The van der Waals surface area contributed by atoms with Crippen LogP contribution in [0.2, 0.25) is 0 Å². The van der Waals surface area contributed by atoms with E-state index in [4.69, 9.17) is 0 Å². The van der Waals surface area contributed by atoms with E-state index in [-0.39, 0.29) is 11.8 Å². The maximum Gasteiger partial charge on any atom is 0.254 e. The van der Waals surface area contributed by atoms with Crippen LogP contribution in [0.1, 0.15) is 40.7 Å². The molecular weight excluding hydrogens is 340 g/mol. The minimum absolute atomic E-state index is 0.0398. The average Bonchev–Trinajstić information content (AvgIpc) is 3.12. The number of likely N-dealkylation sites (tertiary alicyclic amines) is 1. The van der Waals surface area contributed by atoms with E-state index in [0.717, 1.165) is 29.3 Å². The first-order valence-electron chi connectivity index (χ1n) is 9.34. The van der Waals surface area contributed by atoms with Crippen molar-refractivity contribution in [2.75, 3.05) is 13.1 Å². The van der Waals surface area contributed by atoms with Gasteiger partial charge in [-0.3, -0.25) is 9.78 Å². The molecule has 1 atom stereocenters. The van der Waals surface area contributed by atoms with Crippen LogP contribution in [-0.4, -0.2) is 43.5 Å². The summed E-state index contributed by atoms with van der Waals surface area (Å²) in [6.07, 6.45) is 6.18. The molecule has 1 amide bonds. The maximum atomic E-state index is 13.1. The average molecular weight is 364 g/mol. The molecule has 1 aliphatic rings. The number of carbonyl (C=O) groups is 1. The Morgan fingerprint density at radius 1 is 1.19 bits per heavy atom. The fourth-order valence-electron chi connectivity index (χ4n) is 3.91. The summed E-state index contributed by atoms with van der Waals surface area (Å²) in [6, 6.07) is 7.79. The Kier molecular flexibility index (Phi) is 4.66. The van der Waals surface area contributed by atoms with Crippen LogP contribution < -0.4 is 0 Å². The van der Waals surface area contributed by atoms with Crippen molar-refractivity contribution >= 4 is 16.8 Å². The lowest BCUT2D eigenvalue weighted by atomic mass is 9.90. The van der Waals surface area contributed by atoms with Gasteiger partial charge < -0.3 is 14.6 Å². The predicted octanol–water partition coefficient (Wildman–Crippen LogP) is 2.86. The molecule has 3 aromatic rings. The second-order valence-corrected chi connectivity index (χ2v) is 7.35. The fourth-order valence-corrected chi connectivity index (χ4v) is 3.91. The summed E-state index contributed by atoms with van der Waals surface area (Å²) in [5, 5.41) is 11.5. The van der Waals surface area contributed by atoms with Crippen LogP contribution in [0.15, 0.2) is 42.9 Å². The van der Waals surface area contributed by atoms with Crippen LogP contribution in [0.5, 0.6) is 0 Å². The first kappa shape index (κ1) is 17.7. The van der Waals surface area contributed by atoms with Gasteiger partial charge in [0.1, 0.15) is 11.9 Å². The molecule has 27 heavy (non-hydrogen) atoms. The van der Waals surface area contributed by atoms with E-state index in [1.54, 1.807) is 18.5 Å². The highest BCUT2D eigenvalue weighted by molar-refractivity contribution is 6.06. The lowest BCUT2D eigenvalue weighted by Gasteiger charge is -2.34. The van der Waals surface area contributed by atoms with Gasteiger partial charge in [-0.2, -0.15) is 0 Å². The largest absolute Gasteiger partial charge is 0.385 e. The number of rotatable bonds is 3. The Morgan fingerprint density at radius 2 is 1.96 bits per heavy atom. The van der Waals surface area contributed by atoms with Crippen LogP contribution in [0.4, 0.5) is 0 Å². The van der Waals surface area contributed by atoms with Crippen LogP contribution in [-0.2, 0) is 7.05 Å². The number of amides is 1. The first-order chi connectivity index (χ1) is 13.0. The topological polar surface area (TPSA) is 71.2 Å². The van der Waals surface area contributed by atoms with Gasteiger partial charge in [-0.25, -0.2) is 4.98 Å².